The lowest BCUT2D eigenvalue weighted by molar-refractivity contribution is 0.0928. The van der Waals surface area contributed by atoms with Crippen LogP contribution in [0.5, 0.6) is 0 Å². The van der Waals surface area contributed by atoms with E-state index in [9.17, 15) is 9.90 Å². The van der Waals surface area contributed by atoms with Crippen LogP contribution in [0.4, 0.5) is 4.79 Å². The van der Waals surface area contributed by atoms with Crippen LogP contribution in [-0.2, 0) is 4.74 Å². The Balaban J connectivity index is 2.55. The summed E-state index contributed by atoms with van der Waals surface area (Å²) in [5.74, 6) is -0.256. The fraction of sp³-hybridized carbons (Fsp3) is 0.857. The molecule has 0 radical (unpaired) electrons. The van der Waals surface area contributed by atoms with Gasteiger partial charge >= 0.3 is 6.09 Å². The van der Waals surface area contributed by atoms with Gasteiger partial charge in [0, 0.05) is 12.5 Å². The topological polar surface area (TPSA) is 92.8 Å². The molecule has 1 aliphatic rings. The first kappa shape index (κ1) is 10.7. The number of amides is 1. The second-order valence-corrected chi connectivity index (χ2v) is 4.15. The number of hydrogen-bond donors (Lipinski definition) is 3. The van der Waals surface area contributed by atoms with E-state index in [1.54, 1.807) is 0 Å². The van der Waals surface area contributed by atoms with Crippen LogP contribution in [0.25, 0.3) is 0 Å². The summed E-state index contributed by atoms with van der Waals surface area (Å²) in [4.78, 5) is 10.1. The van der Waals surface area contributed by atoms with Gasteiger partial charge in [-0.25, -0.2) is 4.79 Å². The molecule has 0 aromatic rings. The number of halogens is 1. The summed E-state index contributed by atoms with van der Waals surface area (Å²) in [6.07, 6.45) is -1.59. The molecule has 1 saturated carbocycles. The van der Waals surface area contributed by atoms with E-state index in [2.05, 4.69) is 15.9 Å². The van der Waals surface area contributed by atoms with Gasteiger partial charge in [-0.1, -0.05) is 15.9 Å². The van der Waals surface area contributed by atoms with Gasteiger partial charge in [0.1, 0.15) is 6.10 Å². The molecule has 76 valence electrons. The Morgan fingerprint density at radius 2 is 2.31 bits per heavy atom. The predicted octanol–water partition coefficient (Wildman–Crippen LogP) is -0.413. The van der Waals surface area contributed by atoms with Gasteiger partial charge in [-0.3, -0.25) is 0 Å². The molecule has 13 heavy (non-hydrogen) atoms. The zero-order valence-electron chi connectivity index (χ0n) is 6.89. The van der Waals surface area contributed by atoms with E-state index in [-0.39, 0.29) is 17.4 Å². The van der Waals surface area contributed by atoms with E-state index in [0.29, 0.717) is 6.42 Å². The highest BCUT2D eigenvalue weighted by Gasteiger charge is 2.42. The summed E-state index contributed by atoms with van der Waals surface area (Å²) in [5, 5.41) is 18.4. The number of aliphatic hydroxyl groups is 2. The zero-order chi connectivity index (χ0) is 10.0. The molecule has 4 N–H and O–H groups in total. The number of hydrogen-bond acceptors (Lipinski definition) is 4. The number of carbonyl (C=O) groups excluding carboxylic acids is 1. The lowest BCUT2D eigenvalue weighted by atomic mass is 10.1. The van der Waals surface area contributed by atoms with Gasteiger partial charge in [0.05, 0.1) is 10.9 Å². The molecule has 5 nitrogen and oxygen atoms in total. The number of ether oxygens (including phenoxy) is 1. The highest BCUT2D eigenvalue weighted by atomic mass is 79.9. The molecule has 1 amide bonds. The highest BCUT2D eigenvalue weighted by molar-refractivity contribution is 9.09. The van der Waals surface area contributed by atoms with E-state index in [0.717, 1.165) is 0 Å². The van der Waals surface area contributed by atoms with Crippen molar-refractivity contribution in [1.82, 2.24) is 0 Å². The van der Waals surface area contributed by atoms with Gasteiger partial charge in [-0.15, -0.1) is 0 Å². The Hall–Kier alpha value is -0.330. The first-order chi connectivity index (χ1) is 6.06. The normalized spacial score (nSPS) is 39.0. The van der Waals surface area contributed by atoms with Gasteiger partial charge in [0.2, 0.25) is 0 Å². The summed E-state index contributed by atoms with van der Waals surface area (Å²) in [6, 6.07) is 0. The second-order valence-electron chi connectivity index (χ2n) is 3.09. The minimum absolute atomic E-state index is 0.123. The van der Waals surface area contributed by atoms with Crippen LogP contribution in [-0.4, -0.2) is 39.9 Å². The molecule has 0 unspecified atom stereocenters. The van der Waals surface area contributed by atoms with E-state index >= 15 is 0 Å². The predicted molar refractivity (Wildman–Crippen MR) is 48.4 cm³/mol. The second kappa shape index (κ2) is 4.26. The number of alkyl halides is 1. The maximum atomic E-state index is 10.4. The maximum absolute atomic E-state index is 10.4. The third-order valence-electron chi connectivity index (χ3n) is 2.20. The third-order valence-corrected chi connectivity index (χ3v) is 3.33. The van der Waals surface area contributed by atoms with Crippen LogP contribution >= 0.6 is 15.9 Å². The van der Waals surface area contributed by atoms with Crippen LogP contribution in [0.1, 0.15) is 6.42 Å². The van der Waals surface area contributed by atoms with E-state index in [4.69, 9.17) is 15.6 Å². The van der Waals surface area contributed by atoms with Crippen LogP contribution in [0, 0.1) is 5.92 Å². The van der Waals surface area contributed by atoms with Crippen molar-refractivity contribution in [3.05, 3.63) is 0 Å². The fourth-order valence-electron chi connectivity index (χ4n) is 1.49. The molecule has 1 rings (SSSR count). The molecule has 0 aliphatic heterocycles. The summed E-state index contributed by atoms with van der Waals surface area (Å²) in [5.41, 5.74) is 4.84. The van der Waals surface area contributed by atoms with E-state index < -0.39 is 18.3 Å². The SMILES string of the molecule is NC(=O)O[C@@H]1C[C@@H](CO)[C@@H](O)[C@H]1Br. The van der Waals surface area contributed by atoms with Crippen LogP contribution in [0.3, 0.4) is 0 Å². The Labute approximate surface area is 84.0 Å². The molecule has 0 heterocycles. The van der Waals surface area contributed by atoms with Crippen molar-refractivity contribution < 1.29 is 19.7 Å². The van der Waals surface area contributed by atoms with Crippen molar-refractivity contribution in [3.63, 3.8) is 0 Å². The molecular formula is C7H12BrNO4. The van der Waals surface area contributed by atoms with Crippen LogP contribution in [0.15, 0.2) is 0 Å². The quantitative estimate of drug-likeness (QED) is 0.584. The molecule has 6 heteroatoms. The smallest absolute Gasteiger partial charge is 0.404 e. The van der Waals surface area contributed by atoms with E-state index in [1.165, 1.54) is 0 Å². The number of rotatable bonds is 2. The first-order valence-electron chi connectivity index (χ1n) is 3.95. The zero-order valence-corrected chi connectivity index (χ0v) is 8.48. The monoisotopic (exact) mass is 253 g/mol. The molecule has 0 saturated heterocycles. The summed E-state index contributed by atoms with van der Waals surface area (Å²) in [6.45, 7) is -0.123. The van der Waals surface area contributed by atoms with Gasteiger partial charge in [-0.05, 0) is 6.42 Å². The summed E-state index contributed by atoms with van der Waals surface area (Å²) in [7, 11) is 0. The van der Waals surface area contributed by atoms with Crippen molar-refractivity contribution in [1.29, 1.82) is 0 Å². The Kier molecular flexibility index (Phi) is 3.52. The van der Waals surface area contributed by atoms with Crippen molar-refractivity contribution in [2.75, 3.05) is 6.61 Å². The molecule has 0 spiro atoms. The first-order valence-corrected chi connectivity index (χ1v) is 4.87. The van der Waals surface area contributed by atoms with Crippen molar-refractivity contribution in [2.24, 2.45) is 11.7 Å². The molecule has 0 aromatic carbocycles. The average molecular weight is 254 g/mol. The van der Waals surface area contributed by atoms with Gasteiger partial charge in [-0.2, -0.15) is 0 Å². The van der Waals surface area contributed by atoms with Crippen molar-refractivity contribution >= 4 is 22.0 Å². The fourth-order valence-corrected chi connectivity index (χ4v) is 2.25. The Bertz CT molecular complexity index is 201. The Morgan fingerprint density at radius 1 is 1.69 bits per heavy atom. The number of primary amides is 1. The molecule has 1 fully saturated rings. The molecular weight excluding hydrogens is 242 g/mol. The van der Waals surface area contributed by atoms with Gasteiger partial charge in [0.25, 0.3) is 0 Å². The van der Waals surface area contributed by atoms with Gasteiger partial charge < -0.3 is 20.7 Å². The van der Waals surface area contributed by atoms with Gasteiger partial charge in [0.15, 0.2) is 0 Å². The Morgan fingerprint density at radius 3 is 2.69 bits per heavy atom. The van der Waals surface area contributed by atoms with Crippen molar-refractivity contribution in [2.45, 2.75) is 23.5 Å². The standard InChI is InChI=1S/C7H12BrNO4/c8-5-4(13-7(9)12)1-3(2-10)6(5)11/h3-6,10-11H,1-2H2,(H2,9,12)/t3-,4+,5-,6+/m0/s1. The minimum Gasteiger partial charge on any atom is -0.445 e. The third kappa shape index (κ3) is 2.32. The summed E-state index contributed by atoms with van der Waals surface area (Å²) < 4.78 is 4.75. The van der Waals surface area contributed by atoms with E-state index in [1.807, 2.05) is 0 Å². The minimum atomic E-state index is -0.861. The largest absolute Gasteiger partial charge is 0.445 e. The highest BCUT2D eigenvalue weighted by Crippen LogP contribution is 2.33. The molecule has 0 aromatic heterocycles. The number of aliphatic hydroxyl groups excluding tert-OH is 2. The van der Waals surface area contributed by atoms with Crippen LogP contribution < -0.4 is 5.73 Å². The number of carbonyl (C=O) groups is 1. The molecule has 0 bridgehead atoms. The lowest BCUT2D eigenvalue weighted by Crippen LogP contribution is -2.30. The lowest BCUT2D eigenvalue weighted by Gasteiger charge is -2.15. The maximum Gasteiger partial charge on any atom is 0.404 e. The molecule has 1 aliphatic carbocycles. The van der Waals surface area contributed by atoms with Crippen LogP contribution in [0.2, 0.25) is 0 Å². The summed E-state index contributed by atoms with van der Waals surface area (Å²) >= 11 is 3.19. The van der Waals surface area contributed by atoms with Crippen molar-refractivity contribution in [3.8, 4) is 0 Å². The number of nitrogens with two attached hydrogens (primary N) is 1. The molecule has 4 atom stereocenters. The average Bonchev–Trinajstić information content (AvgIpc) is 2.32.